The molecule has 1 aliphatic rings. The van der Waals surface area contributed by atoms with Crippen molar-refractivity contribution in [2.75, 3.05) is 6.54 Å². The van der Waals surface area contributed by atoms with E-state index in [4.69, 9.17) is 0 Å². The van der Waals surface area contributed by atoms with Crippen molar-refractivity contribution in [3.05, 3.63) is 11.4 Å². The predicted molar refractivity (Wildman–Crippen MR) is 57.2 cm³/mol. The lowest BCUT2D eigenvalue weighted by Crippen LogP contribution is -2.24. The number of hydrogen-bond acceptors (Lipinski definition) is 4. The van der Waals surface area contributed by atoms with Gasteiger partial charge in [-0.15, -0.1) is 0 Å². The third-order valence-corrected chi connectivity index (χ3v) is 3.48. The summed E-state index contributed by atoms with van der Waals surface area (Å²) in [7, 11) is 0. The first-order chi connectivity index (χ1) is 7.27. The van der Waals surface area contributed by atoms with Gasteiger partial charge in [-0.25, -0.2) is 4.63 Å². The van der Waals surface area contributed by atoms with Crippen LogP contribution in [0.15, 0.2) is 4.63 Å². The molecule has 0 aromatic carbocycles. The van der Waals surface area contributed by atoms with Gasteiger partial charge in [0.15, 0.2) is 0 Å². The molecule has 0 saturated heterocycles. The zero-order valence-electron chi connectivity index (χ0n) is 9.49. The molecule has 2 rings (SSSR count). The van der Waals surface area contributed by atoms with Gasteiger partial charge in [0.2, 0.25) is 0 Å². The molecule has 84 valence electrons. The summed E-state index contributed by atoms with van der Waals surface area (Å²) in [6.45, 7) is 6.14. The van der Waals surface area contributed by atoms with Gasteiger partial charge < -0.3 is 5.32 Å². The van der Waals surface area contributed by atoms with Crippen LogP contribution in [0.3, 0.4) is 0 Å². The molecule has 1 aromatic heterocycles. The van der Waals surface area contributed by atoms with Crippen molar-refractivity contribution in [2.45, 2.75) is 39.7 Å². The standard InChI is InChI=1S/C11H19N3O/c1-8-4-3-5-10(8)6-12-7-11-9(2)13-15-14-11/h8,10,12H,3-7H2,1-2H3. The molecule has 0 bridgehead atoms. The molecule has 15 heavy (non-hydrogen) atoms. The Balaban J connectivity index is 1.73. The fraction of sp³-hybridized carbons (Fsp3) is 0.818. The molecule has 1 aliphatic carbocycles. The van der Waals surface area contributed by atoms with E-state index in [-0.39, 0.29) is 0 Å². The van der Waals surface area contributed by atoms with Crippen LogP contribution in [0.25, 0.3) is 0 Å². The Morgan fingerprint density at radius 1 is 1.40 bits per heavy atom. The number of aromatic nitrogens is 2. The summed E-state index contributed by atoms with van der Waals surface area (Å²) >= 11 is 0. The van der Waals surface area contributed by atoms with E-state index in [1.165, 1.54) is 19.3 Å². The highest BCUT2D eigenvalue weighted by Crippen LogP contribution is 2.30. The lowest BCUT2D eigenvalue weighted by molar-refractivity contribution is 0.299. The first-order valence-corrected chi connectivity index (χ1v) is 5.76. The molecule has 2 atom stereocenters. The fourth-order valence-electron chi connectivity index (χ4n) is 2.31. The molecular weight excluding hydrogens is 190 g/mol. The Labute approximate surface area is 90.4 Å². The minimum atomic E-state index is 0.776. The van der Waals surface area contributed by atoms with Gasteiger partial charge in [-0.3, -0.25) is 0 Å². The highest BCUT2D eigenvalue weighted by molar-refractivity contribution is 5.03. The fourth-order valence-corrected chi connectivity index (χ4v) is 2.31. The molecule has 4 nitrogen and oxygen atoms in total. The number of rotatable bonds is 4. The summed E-state index contributed by atoms with van der Waals surface area (Å²) in [6, 6.07) is 0. The van der Waals surface area contributed by atoms with E-state index in [1.54, 1.807) is 0 Å². The topological polar surface area (TPSA) is 51.0 Å². The number of aryl methyl sites for hydroxylation is 1. The zero-order valence-corrected chi connectivity index (χ0v) is 9.49. The second-order valence-corrected chi connectivity index (χ2v) is 4.60. The maximum atomic E-state index is 4.65. The van der Waals surface area contributed by atoms with Gasteiger partial charge in [0.05, 0.1) is 0 Å². The van der Waals surface area contributed by atoms with E-state index in [1.807, 2.05) is 6.92 Å². The average molecular weight is 209 g/mol. The number of nitrogens with one attached hydrogen (secondary N) is 1. The molecule has 1 fully saturated rings. The monoisotopic (exact) mass is 209 g/mol. The summed E-state index contributed by atoms with van der Waals surface area (Å²) in [5, 5.41) is 11.0. The summed E-state index contributed by atoms with van der Waals surface area (Å²) in [5.74, 6) is 1.71. The Kier molecular flexibility index (Phi) is 3.36. The van der Waals surface area contributed by atoms with Crippen molar-refractivity contribution in [3.8, 4) is 0 Å². The molecule has 0 radical (unpaired) electrons. The van der Waals surface area contributed by atoms with Crippen LogP contribution in [0, 0.1) is 18.8 Å². The molecule has 2 unspecified atom stereocenters. The molecule has 0 amide bonds. The Morgan fingerprint density at radius 2 is 2.27 bits per heavy atom. The minimum absolute atomic E-state index is 0.776. The molecule has 0 aliphatic heterocycles. The van der Waals surface area contributed by atoms with Crippen LogP contribution in [0.4, 0.5) is 0 Å². The normalized spacial score (nSPS) is 26.0. The van der Waals surface area contributed by atoms with E-state index in [2.05, 4.69) is 27.2 Å². The zero-order chi connectivity index (χ0) is 10.7. The summed E-state index contributed by atoms with van der Waals surface area (Å²) in [5.41, 5.74) is 1.82. The SMILES string of the molecule is Cc1nonc1CNCC1CCCC1C. The van der Waals surface area contributed by atoms with Gasteiger partial charge in [-0.05, 0) is 31.7 Å². The molecule has 4 heteroatoms. The van der Waals surface area contributed by atoms with Crippen LogP contribution in [0.5, 0.6) is 0 Å². The number of hydrogen-bond donors (Lipinski definition) is 1. The molecule has 0 spiro atoms. The summed E-state index contributed by atoms with van der Waals surface area (Å²) in [4.78, 5) is 0. The first-order valence-electron chi connectivity index (χ1n) is 5.76. The molecule has 1 saturated carbocycles. The summed E-state index contributed by atoms with van der Waals surface area (Å²) in [6.07, 6.45) is 4.14. The third kappa shape index (κ3) is 2.56. The van der Waals surface area contributed by atoms with Crippen LogP contribution in [0.2, 0.25) is 0 Å². The highest BCUT2D eigenvalue weighted by Gasteiger charge is 2.22. The van der Waals surface area contributed by atoms with Crippen molar-refractivity contribution < 1.29 is 4.63 Å². The second kappa shape index (κ2) is 4.75. The van der Waals surface area contributed by atoms with E-state index < -0.39 is 0 Å². The van der Waals surface area contributed by atoms with Crippen molar-refractivity contribution in [1.29, 1.82) is 0 Å². The summed E-state index contributed by atoms with van der Waals surface area (Å²) < 4.78 is 4.65. The maximum absolute atomic E-state index is 4.65. The molecule has 1 aromatic rings. The van der Waals surface area contributed by atoms with Gasteiger partial charge in [0.1, 0.15) is 11.4 Å². The van der Waals surface area contributed by atoms with Gasteiger partial charge >= 0.3 is 0 Å². The highest BCUT2D eigenvalue weighted by atomic mass is 16.6. The van der Waals surface area contributed by atoms with Crippen LogP contribution in [0.1, 0.15) is 37.6 Å². The predicted octanol–water partition coefficient (Wildman–Crippen LogP) is 1.90. The van der Waals surface area contributed by atoms with Crippen molar-refractivity contribution >= 4 is 0 Å². The van der Waals surface area contributed by atoms with Crippen LogP contribution < -0.4 is 5.32 Å². The van der Waals surface area contributed by atoms with Gasteiger partial charge in [0.25, 0.3) is 0 Å². The van der Waals surface area contributed by atoms with E-state index in [0.717, 1.165) is 36.3 Å². The average Bonchev–Trinajstić information content (AvgIpc) is 2.78. The van der Waals surface area contributed by atoms with Crippen LogP contribution in [-0.4, -0.2) is 16.9 Å². The van der Waals surface area contributed by atoms with E-state index in [9.17, 15) is 0 Å². The lowest BCUT2D eigenvalue weighted by atomic mass is 9.98. The first kappa shape index (κ1) is 10.6. The van der Waals surface area contributed by atoms with Crippen molar-refractivity contribution in [2.24, 2.45) is 11.8 Å². The van der Waals surface area contributed by atoms with Crippen LogP contribution >= 0.6 is 0 Å². The third-order valence-electron chi connectivity index (χ3n) is 3.48. The minimum Gasteiger partial charge on any atom is -0.311 e. The van der Waals surface area contributed by atoms with Gasteiger partial charge in [0, 0.05) is 6.54 Å². The molecule has 1 N–H and O–H groups in total. The van der Waals surface area contributed by atoms with Crippen molar-refractivity contribution in [3.63, 3.8) is 0 Å². The molecule has 1 heterocycles. The smallest absolute Gasteiger partial charge is 0.121 e. The van der Waals surface area contributed by atoms with E-state index in [0.29, 0.717) is 0 Å². The largest absolute Gasteiger partial charge is 0.311 e. The second-order valence-electron chi connectivity index (χ2n) is 4.60. The van der Waals surface area contributed by atoms with Crippen LogP contribution in [-0.2, 0) is 6.54 Å². The van der Waals surface area contributed by atoms with Gasteiger partial charge in [-0.2, -0.15) is 0 Å². The lowest BCUT2D eigenvalue weighted by Gasteiger charge is -2.15. The Hall–Kier alpha value is -0.900. The number of nitrogens with zero attached hydrogens (tertiary/aromatic N) is 2. The Morgan fingerprint density at radius 3 is 2.87 bits per heavy atom. The maximum Gasteiger partial charge on any atom is 0.121 e. The van der Waals surface area contributed by atoms with Crippen molar-refractivity contribution in [1.82, 2.24) is 15.6 Å². The molecular formula is C11H19N3O. The van der Waals surface area contributed by atoms with E-state index >= 15 is 0 Å². The Bertz CT molecular complexity index is 311. The quantitative estimate of drug-likeness (QED) is 0.823. The van der Waals surface area contributed by atoms with Gasteiger partial charge in [-0.1, -0.05) is 30.1 Å².